The number of aryl methyl sites for hydroxylation is 1. The predicted molar refractivity (Wildman–Crippen MR) is 63.8 cm³/mol. The average Bonchev–Trinajstić information content (AvgIpc) is 2.24. The van der Waals surface area contributed by atoms with E-state index in [0.29, 0.717) is 11.3 Å². The van der Waals surface area contributed by atoms with Crippen molar-refractivity contribution in [2.24, 2.45) is 5.92 Å². The Kier molecular flexibility index (Phi) is 4.47. The fourth-order valence-electron chi connectivity index (χ4n) is 1.50. The Hall–Kier alpha value is -1.38. The monoisotopic (exact) mass is 223 g/mol. The minimum Gasteiger partial charge on any atom is -0.326 e. The van der Waals surface area contributed by atoms with Crippen molar-refractivity contribution in [3.05, 3.63) is 29.6 Å². The van der Waals surface area contributed by atoms with Gasteiger partial charge in [-0.25, -0.2) is 4.39 Å². The third-order valence-corrected chi connectivity index (χ3v) is 2.61. The number of rotatable bonds is 4. The normalized spacial score (nSPS) is 12.2. The zero-order valence-electron chi connectivity index (χ0n) is 10.0. The molecule has 3 heteroatoms. The van der Waals surface area contributed by atoms with Gasteiger partial charge in [0.25, 0.3) is 0 Å². The lowest BCUT2D eigenvalue weighted by Crippen LogP contribution is -2.20. The molecule has 2 nitrogen and oxygen atoms in total. The molecule has 1 atom stereocenters. The predicted octanol–water partition coefficient (Wildman–Crippen LogP) is 3.51. The number of nitrogens with one attached hydrogen (secondary N) is 1. The summed E-state index contributed by atoms with van der Waals surface area (Å²) in [6.07, 6.45) is 1.82. The van der Waals surface area contributed by atoms with Crippen LogP contribution in [0.3, 0.4) is 0 Å². The number of amides is 1. The van der Waals surface area contributed by atoms with Crippen molar-refractivity contribution < 1.29 is 9.18 Å². The first-order chi connectivity index (χ1) is 7.54. The van der Waals surface area contributed by atoms with Crippen molar-refractivity contribution in [1.29, 1.82) is 0 Å². The molecule has 1 N–H and O–H groups in total. The molecule has 0 saturated heterocycles. The summed E-state index contributed by atoms with van der Waals surface area (Å²) in [7, 11) is 0. The summed E-state index contributed by atoms with van der Waals surface area (Å²) in [5.41, 5.74) is 1.11. The van der Waals surface area contributed by atoms with E-state index < -0.39 is 0 Å². The van der Waals surface area contributed by atoms with Gasteiger partial charge in [-0.2, -0.15) is 0 Å². The molecular weight excluding hydrogens is 205 g/mol. The Morgan fingerprint density at radius 2 is 2.19 bits per heavy atom. The Bertz CT molecular complexity index is 376. The van der Waals surface area contributed by atoms with Gasteiger partial charge in [-0.15, -0.1) is 0 Å². The van der Waals surface area contributed by atoms with Crippen LogP contribution in [-0.2, 0) is 4.79 Å². The summed E-state index contributed by atoms with van der Waals surface area (Å²) >= 11 is 0. The van der Waals surface area contributed by atoms with E-state index in [1.54, 1.807) is 19.1 Å². The fraction of sp³-hybridized carbons (Fsp3) is 0.462. The van der Waals surface area contributed by atoms with Crippen LogP contribution in [0.25, 0.3) is 0 Å². The molecule has 0 spiro atoms. The average molecular weight is 223 g/mol. The van der Waals surface area contributed by atoms with Crippen LogP contribution in [0.5, 0.6) is 0 Å². The first kappa shape index (κ1) is 12.7. The van der Waals surface area contributed by atoms with Gasteiger partial charge in [0.2, 0.25) is 5.91 Å². The lowest BCUT2D eigenvalue weighted by molar-refractivity contribution is -0.119. The highest BCUT2D eigenvalue weighted by Gasteiger charge is 2.12. The zero-order valence-corrected chi connectivity index (χ0v) is 10.0. The van der Waals surface area contributed by atoms with Gasteiger partial charge in [-0.1, -0.05) is 26.3 Å². The summed E-state index contributed by atoms with van der Waals surface area (Å²) < 4.78 is 13.2. The van der Waals surface area contributed by atoms with Gasteiger partial charge in [0.05, 0.1) is 0 Å². The molecule has 0 heterocycles. The minimum atomic E-state index is -0.291. The van der Waals surface area contributed by atoms with E-state index in [-0.39, 0.29) is 17.6 Å². The van der Waals surface area contributed by atoms with E-state index in [4.69, 9.17) is 0 Å². The van der Waals surface area contributed by atoms with Crippen molar-refractivity contribution in [3.8, 4) is 0 Å². The quantitative estimate of drug-likeness (QED) is 0.831. The van der Waals surface area contributed by atoms with Crippen LogP contribution in [0.4, 0.5) is 10.1 Å². The smallest absolute Gasteiger partial charge is 0.227 e. The number of carbonyl (C=O) groups is 1. The molecule has 88 valence electrons. The molecule has 0 saturated carbocycles. The maximum atomic E-state index is 13.2. The maximum absolute atomic E-state index is 13.2. The molecule has 0 aliphatic rings. The van der Waals surface area contributed by atoms with Crippen molar-refractivity contribution in [2.45, 2.75) is 33.6 Å². The number of anilines is 1. The van der Waals surface area contributed by atoms with Gasteiger partial charge in [0.1, 0.15) is 5.82 Å². The van der Waals surface area contributed by atoms with Crippen LogP contribution >= 0.6 is 0 Å². The van der Waals surface area contributed by atoms with E-state index in [1.807, 2.05) is 13.8 Å². The SMILES string of the molecule is CCCC(C)C(=O)Nc1ccc(C)c(F)c1. The summed E-state index contributed by atoms with van der Waals surface area (Å²) in [5.74, 6) is -0.375. The van der Waals surface area contributed by atoms with E-state index >= 15 is 0 Å². The molecule has 0 fully saturated rings. The van der Waals surface area contributed by atoms with E-state index in [9.17, 15) is 9.18 Å². The van der Waals surface area contributed by atoms with Crippen LogP contribution in [-0.4, -0.2) is 5.91 Å². The number of carbonyl (C=O) groups excluding carboxylic acids is 1. The molecule has 1 amide bonds. The number of hydrogen-bond acceptors (Lipinski definition) is 1. The third kappa shape index (κ3) is 3.33. The van der Waals surface area contributed by atoms with Crippen molar-refractivity contribution in [3.63, 3.8) is 0 Å². The molecular formula is C13H18FNO. The highest BCUT2D eigenvalue weighted by Crippen LogP contribution is 2.15. The molecule has 1 unspecified atom stereocenters. The molecule has 0 bridgehead atoms. The summed E-state index contributed by atoms with van der Waals surface area (Å²) in [6.45, 7) is 5.61. The fourth-order valence-corrected chi connectivity index (χ4v) is 1.50. The van der Waals surface area contributed by atoms with Gasteiger partial charge < -0.3 is 5.32 Å². The first-order valence-corrected chi connectivity index (χ1v) is 5.61. The van der Waals surface area contributed by atoms with Crippen LogP contribution in [0, 0.1) is 18.7 Å². The number of halogens is 1. The summed E-state index contributed by atoms with van der Waals surface area (Å²) in [5, 5.41) is 2.72. The molecule has 0 aliphatic heterocycles. The Balaban J connectivity index is 2.66. The topological polar surface area (TPSA) is 29.1 Å². The summed E-state index contributed by atoms with van der Waals surface area (Å²) in [4.78, 5) is 11.7. The van der Waals surface area contributed by atoms with Gasteiger partial charge in [0, 0.05) is 11.6 Å². The van der Waals surface area contributed by atoms with E-state index in [1.165, 1.54) is 6.07 Å². The number of hydrogen-bond donors (Lipinski definition) is 1. The second-order valence-electron chi connectivity index (χ2n) is 4.14. The molecule has 1 rings (SSSR count). The molecule has 1 aromatic carbocycles. The van der Waals surface area contributed by atoms with Gasteiger partial charge >= 0.3 is 0 Å². The third-order valence-electron chi connectivity index (χ3n) is 2.61. The van der Waals surface area contributed by atoms with E-state index in [0.717, 1.165) is 12.8 Å². The molecule has 0 radical (unpaired) electrons. The number of benzene rings is 1. The first-order valence-electron chi connectivity index (χ1n) is 5.61. The Morgan fingerprint density at radius 1 is 1.50 bits per heavy atom. The van der Waals surface area contributed by atoms with Gasteiger partial charge in [-0.3, -0.25) is 4.79 Å². The van der Waals surface area contributed by atoms with Gasteiger partial charge in [-0.05, 0) is 31.0 Å². The lowest BCUT2D eigenvalue weighted by atomic mass is 10.1. The van der Waals surface area contributed by atoms with Crippen molar-refractivity contribution >= 4 is 11.6 Å². The largest absolute Gasteiger partial charge is 0.326 e. The van der Waals surface area contributed by atoms with Crippen LogP contribution < -0.4 is 5.32 Å². The Labute approximate surface area is 95.9 Å². The van der Waals surface area contributed by atoms with Crippen molar-refractivity contribution in [1.82, 2.24) is 0 Å². The maximum Gasteiger partial charge on any atom is 0.227 e. The Morgan fingerprint density at radius 3 is 2.75 bits per heavy atom. The van der Waals surface area contributed by atoms with Crippen LogP contribution in [0.1, 0.15) is 32.3 Å². The summed E-state index contributed by atoms with van der Waals surface area (Å²) in [6, 6.07) is 4.73. The van der Waals surface area contributed by atoms with Crippen molar-refractivity contribution in [2.75, 3.05) is 5.32 Å². The van der Waals surface area contributed by atoms with Crippen LogP contribution in [0.2, 0.25) is 0 Å². The second kappa shape index (κ2) is 5.64. The van der Waals surface area contributed by atoms with Crippen LogP contribution in [0.15, 0.2) is 18.2 Å². The molecule has 16 heavy (non-hydrogen) atoms. The molecule has 0 aromatic heterocycles. The standard InChI is InChI=1S/C13H18FNO/c1-4-5-10(3)13(16)15-11-7-6-9(2)12(14)8-11/h6-8,10H,4-5H2,1-3H3,(H,15,16). The second-order valence-corrected chi connectivity index (χ2v) is 4.14. The lowest BCUT2D eigenvalue weighted by Gasteiger charge is -2.11. The molecule has 1 aromatic rings. The molecule has 0 aliphatic carbocycles. The van der Waals surface area contributed by atoms with Gasteiger partial charge in [0.15, 0.2) is 0 Å². The minimum absolute atomic E-state index is 0.0330. The van der Waals surface area contributed by atoms with E-state index in [2.05, 4.69) is 5.32 Å². The zero-order chi connectivity index (χ0) is 12.1. The highest BCUT2D eigenvalue weighted by molar-refractivity contribution is 5.92. The highest BCUT2D eigenvalue weighted by atomic mass is 19.1.